The van der Waals surface area contributed by atoms with Gasteiger partial charge >= 0.3 is 5.97 Å². The maximum Gasteiger partial charge on any atom is 0.317 e. The fourth-order valence-corrected chi connectivity index (χ4v) is 2.48. The average Bonchev–Trinajstić information content (AvgIpc) is 2.66. The van der Waals surface area contributed by atoms with E-state index in [9.17, 15) is 4.79 Å². The molecule has 1 atom stereocenters. The fraction of sp³-hybridized carbons (Fsp3) is 0.917. The van der Waals surface area contributed by atoms with E-state index in [-0.39, 0.29) is 6.54 Å². The molecule has 0 aliphatic carbocycles. The molecule has 1 aliphatic rings. The van der Waals surface area contributed by atoms with Gasteiger partial charge in [-0.3, -0.25) is 9.69 Å². The first-order valence-electron chi connectivity index (χ1n) is 6.35. The van der Waals surface area contributed by atoms with Gasteiger partial charge in [0.1, 0.15) is 0 Å². The molecule has 1 heterocycles. The number of aliphatic carboxylic acids is 1. The van der Waals surface area contributed by atoms with E-state index in [1.807, 2.05) is 0 Å². The molecule has 0 aromatic rings. The first-order chi connectivity index (χ1) is 7.67. The lowest BCUT2D eigenvalue weighted by Crippen LogP contribution is -2.37. The van der Waals surface area contributed by atoms with Crippen molar-refractivity contribution in [1.82, 2.24) is 9.80 Å². The Bertz CT molecular complexity index is 217. The number of hydrogen-bond acceptors (Lipinski definition) is 3. The minimum Gasteiger partial charge on any atom is -0.480 e. The highest BCUT2D eigenvalue weighted by Gasteiger charge is 2.25. The molecule has 4 nitrogen and oxygen atoms in total. The highest BCUT2D eigenvalue weighted by Crippen LogP contribution is 2.19. The Labute approximate surface area is 98.2 Å². The van der Waals surface area contributed by atoms with Crippen LogP contribution in [0.1, 0.15) is 33.1 Å². The minimum absolute atomic E-state index is 0.211. The Kier molecular flexibility index (Phi) is 5.77. The van der Waals surface area contributed by atoms with Crippen molar-refractivity contribution in [1.29, 1.82) is 0 Å². The van der Waals surface area contributed by atoms with Crippen LogP contribution in [-0.4, -0.2) is 59.6 Å². The van der Waals surface area contributed by atoms with Crippen molar-refractivity contribution in [3.05, 3.63) is 0 Å². The van der Waals surface area contributed by atoms with Crippen molar-refractivity contribution >= 4 is 5.97 Å². The molecule has 1 aliphatic heterocycles. The third kappa shape index (κ3) is 4.10. The smallest absolute Gasteiger partial charge is 0.317 e. The molecular formula is C12H24N2O2. The molecule has 0 spiro atoms. The third-order valence-corrected chi connectivity index (χ3v) is 3.51. The predicted octanol–water partition coefficient (Wildman–Crippen LogP) is 1.27. The molecule has 0 amide bonds. The van der Waals surface area contributed by atoms with Gasteiger partial charge in [-0.15, -0.1) is 0 Å². The van der Waals surface area contributed by atoms with Crippen LogP contribution in [0.5, 0.6) is 0 Å². The molecule has 0 radical (unpaired) electrons. The van der Waals surface area contributed by atoms with Crippen molar-refractivity contribution < 1.29 is 9.90 Å². The summed E-state index contributed by atoms with van der Waals surface area (Å²) >= 11 is 0. The second-order valence-corrected chi connectivity index (χ2v) is 4.48. The first kappa shape index (κ1) is 13.5. The summed E-state index contributed by atoms with van der Waals surface area (Å²) in [6, 6.07) is 0.483. The topological polar surface area (TPSA) is 43.8 Å². The van der Waals surface area contributed by atoms with Gasteiger partial charge in [-0.2, -0.15) is 0 Å². The van der Waals surface area contributed by atoms with Gasteiger partial charge in [0.2, 0.25) is 0 Å². The molecule has 1 saturated heterocycles. The summed E-state index contributed by atoms with van der Waals surface area (Å²) in [6.45, 7) is 8.77. The maximum atomic E-state index is 10.7. The van der Waals surface area contributed by atoms with Gasteiger partial charge in [0, 0.05) is 6.04 Å². The zero-order valence-corrected chi connectivity index (χ0v) is 10.5. The van der Waals surface area contributed by atoms with Crippen LogP contribution in [0, 0.1) is 0 Å². The Balaban J connectivity index is 2.31. The largest absolute Gasteiger partial charge is 0.480 e. The zero-order chi connectivity index (χ0) is 12.0. The molecule has 94 valence electrons. The molecule has 16 heavy (non-hydrogen) atoms. The molecular weight excluding hydrogens is 204 g/mol. The number of nitrogens with zero attached hydrogens (tertiary/aromatic N) is 2. The van der Waals surface area contributed by atoms with E-state index in [4.69, 9.17) is 5.11 Å². The maximum absolute atomic E-state index is 10.7. The summed E-state index contributed by atoms with van der Waals surface area (Å²) in [4.78, 5) is 15.2. The lowest BCUT2D eigenvalue weighted by molar-refractivity contribution is -0.138. The molecule has 1 N–H and O–H groups in total. The van der Waals surface area contributed by atoms with Crippen LogP contribution >= 0.6 is 0 Å². The van der Waals surface area contributed by atoms with Crippen molar-refractivity contribution in [2.24, 2.45) is 0 Å². The van der Waals surface area contributed by atoms with Gasteiger partial charge in [-0.05, 0) is 45.4 Å². The number of carboxylic acid groups (broad SMARTS) is 1. The Morgan fingerprint density at radius 1 is 1.44 bits per heavy atom. The molecule has 1 rings (SSSR count). The molecule has 0 aromatic heterocycles. The van der Waals surface area contributed by atoms with Gasteiger partial charge in [-0.1, -0.05) is 13.8 Å². The lowest BCUT2D eigenvalue weighted by Gasteiger charge is -2.25. The Hall–Kier alpha value is -0.610. The van der Waals surface area contributed by atoms with Crippen LogP contribution in [0.4, 0.5) is 0 Å². The predicted molar refractivity (Wildman–Crippen MR) is 64.6 cm³/mol. The summed E-state index contributed by atoms with van der Waals surface area (Å²) in [5.74, 6) is -0.699. The second-order valence-electron chi connectivity index (χ2n) is 4.48. The van der Waals surface area contributed by atoms with Crippen molar-refractivity contribution in [3.63, 3.8) is 0 Å². The van der Waals surface area contributed by atoms with Crippen LogP contribution in [0.25, 0.3) is 0 Å². The second kappa shape index (κ2) is 6.86. The van der Waals surface area contributed by atoms with E-state index < -0.39 is 5.97 Å². The van der Waals surface area contributed by atoms with Crippen LogP contribution in [0.3, 0.4) is 0 Å². The van der Waals surface area contributed by atoms with Crippen LogP contribution in [-0.2, 0) is 4.79 Å². The van der Waals surface area contributed by atoms with Gasteiger partial charge in [-0.25, -0.2) is 0 Å². The molecule has 0 bridgehead atoms. The fourth-order valence-electron chi connectivity index (χ4n) is 2.48. The van der Waals surface area contributed by atoms with E-state index in [1.54, 1.807) is 0 Å². The normalized spacial score (nSPS) is 21.8. The molecule has 1 fully saturated rings. The van der Waals surface area contributed by atoms with Gasteiger partial charge in [0.25, 0.3) is 0 Å². The number of carboxylic acids is 1. The molecule has 0 saturated carbocycles. The van der Waals surface area contributed by atoms with E-state index in [0.29, 0.717) is 6.04 Å². The first-order valence-corrected chi connectivity index (χ1v) is 6.35. The van der Waals surface area contributed by atoms with Gasteiger partial charge < -0.3 is 10.0 Å². The Morgan fingerprint density at radius 2 is 2.12 bits per heavy atom. The summed E-state index contributed by atoms with van der Waals surface area (Å²) in [5, 5.41) is 8.81. The van der Waals surface area contributed by atoms with Crippen LogP contribution < -0.4 is 0 Å². The third-order valence-electron chi connectivity index (χ3n) is 3.51. The summed E-state index contributed by atoms with van der Waals surface area (Å²) in [7, 11) is 0. The quantitative estimate of drug-likeness (QED) is 0.712. The standard InChI is InChI=1S/C12H24N2O2/c1-3-13(4-2)9-7-11-6-5-8-14(11)10-12(15)16/h11H,3-10H2,1-2H3,(H,15,16). The average molecular weight is 228 g/mol. The zero-order valence-electron chi connectivity index (χ0n) is 10.5. The van der Waals surface area contributed by atoms with E-state index in [0.717, 1.165) is 45.4 Å². The van der Waals surface area contributed by atoms with Crippen LogP contribution in [0.2, 0.25) is 0 Å². The summed E-state index contributed by atoms with van der Waals surface area (Å²) in [6.07, 6.45) is 3.42. The Morgan fingerprint density at radius 3 is 2.69 bits per heavy atom. The summed E-state index contributed by atoms with van der Waals surface area (Å²) < 4.78 is 0. The van der Waals surface area contributed by atoms with E-state index in [1.165, 1.54) is 0 Å². The van der Waals surface area contributed by atoms with Gasteiger partial charge in [0.05, 0.1) is 6.54 Å². The van der Waals surface area contributed by atoms with Crippen LogP contribution in [0.15, 0.2) is 0 Å². The highest BCUT2D eigenvalue weighted by atomic mass is 16.4. The molecule has 4 heteroatoms. The van der Waals surface area contributed by atoms with E-state index in [2.05, 4.69) is 23.6 Å². The monoisotopic (exact) mass is 228 g/mol. The van der Waals surface area contributed by atoms with Crippen molar-refractivity contribution in [2.75, 3.05) is 32.7 Å². The van der Waals surface area contributed by atoms with Crippen molar-refractivity contribution in [2.45, 2.75) is 39.2 Å². The molecule has 0 aromatic carbocycles. The SMILES string of the molecule is CCN(CC)CCC1CCCN1CC(=O)O. The van der Waals surface area contributed by atoms with Crippen molar-refractivity contribution in [3.8, 4) is 0 Å². The lowest BCUT2D eigenvalue weighted by atomic mass is 10.1. The minimum atomic E-state index is -0.699. The number of carbonyl (C=O) groups is 1. The molecule has 1 unspecified atom stereocenters. The number of likely N-dealkylation sites (tertiary alicyclic amines) is 1. The number of hydrogen-bond donors (Lipinski definition) is 1. The number of rotatable bonds is 7. The van der Waals surface area contributed by atoms with Gasteiger partial charge in [0.15, 0.2) is 0 Å². The van der Waals surface area contributed by atoms with E-state index >= 15 is 0 Å². The summed E-state index contributed by atoms with van der Waals surface area (Å²) in [5.41, 5.74) is 0. The highest BCUT2D eigenvalue weighted by molar-refractivity contribution is 5.69.